The van der Waals surface area contributed by atoms with Crippen molar-refractivity contribution < 1.29 is 4.79 Å². The number of nitrogens with one attached hydrogen (secondary N) is 2. The number of nitrogen functional groups attached to an aromatic ring is 1. The summed E-state index contributed by atoms with van der Waals surface area (Å²) in [6, 6.07) is 1.75. The predicted octanol–water partition coefficient (Wildman–Crippen LogP) is 1.45. The lowest BCUT2D eigenvalue weighted by Crippen LogP contribution is -2.29. The Morgan fingerprint density at radius 3 is 2.88 bits per heavy atom. The van der Waals surface area contributed by atoms with Crippen LogP contribution in [0.1, 0.15) is 36.3 Å². The maximum atomic E-state index is 11.9. The molecule has 94 valence electrons. The standard InChI is InChI=1S/C12H20N4O/c1-4-8(2)6-15-12(17)10-7-14-9(3)5-11(10)16-13/h5,7-8H,4,6,13H2,1-3H3,(H,14,16)(H,15,17). The van der Waals surface area contributed by atoms with Gasteiger partial charge in [-0.1, -0.05) is 20.3 Å². The number of pyridine rings is 1. The quantitative estimate of drug-likeness (QED) is 0.534. The minimum atomic E-state index is -0.147. The SMILES string of the molecule is CCC(C)CNC(=O)c1cnc(C)cc1NN. The van der Waals surface area contributed by atoms with Gasteiger partial charge in [0.1, 0.15) is 0 Å². The van der Waals surface area contributed by atoms with Crippen molar-refractivity contribution >= 4 is 11.6 Å². The van der Waals surface area contributed by atoms with Crippen LogP contribution >= 0.6 is 0 Å². The van der Waals surface area contributed by atoms with Gasteiger partial charge < -0.3 is 10.7 Å². The lowest BCUT2D eigenvalue weighted by atomic mass is 10.1. The summed E-state index contributed by atoms with van der Waals surface area (Å²) in [6.45, 7) is 6.70. The largest absolute Gasteiger partial charge is 0.352 e. The Hall–Kier alpha value is -1.62. The van der Waals surface area contributed by atoms with Gasteiger partial charge in [0, 0.05) is 18.4 Å². The molecule has 1 atom stereocenters. The second-order valence-electron chi connectivity index (χ2n) is 4.24. The van der Waals surface area contributed by atoms with Crippen molar-refractivity contribution in [2.24, 2.45) is 11.8 Å². The van der Waals surface area contributed by atoms with E-state index in [0.717, 1.165) is 12.1 Å². The number of hydrogen-bond acceptors (Lipinski definition) is 4. The highest BCUT2D eigenvalue weighted by Crippen LogP contribution is 2.14. The Morgan fingerprint density at radius 2 is 2.29 bits per heavy atom. The van der Waals surface area contributed by atoms with Gasteiger partial charge >= 0.3 is 0 Å². The summed E-state index contributed by atoms with van der Waals surface area (Å²) in [5.41, 5.74) is 4.40. The summed E-state index contributed by atoms with van der Waals surface area (Å²) in [5, 5.41) is 2.87. The Bertz CT molecular complexity index is 392. The van der Waals surface area contributed by atoms with Gasteiger partial charge in [-0.2, -0.15) is 0 Å². The molecule has 0 aliphatic heterocycles. The number of nitrogens with two attached hydrogens (primary N) is 1. The van der Waals surface area contributed by atoms with Crippen molar-refractivity contribution in [3.8, 4) is 0 Å². The van der Waals surface area contributed by atoms with Crippen molar-refractivity contribution in [1.82, 2.24) is 10.3 Å². The van der Waals surface area contributed by atoms with Crippen LogP contribution in [0.4, 0.5) is 5.69 Å². The number of nitrogens with zero attached hydrogens (tertiary/aromatic N) is 1. The average Bonchev–Trinajstić information content (AvgIpc) is 2.35. The number of carbonyl (C=O) groups excluding carboxylic acids is 1. The average molecular weight is 236 g/mol. The van der Waals surface area contributed by atoms with E-state index in [-0.39, 0.29) is 5.91 Å². The molecule has 0 bridgehead atoms. The number of aromatic nitrogens is 1. The molecule has 5 heteroatoms. The second kappa shape index (κ2) is 6.20. The minimum Gasteiger partial charge on any atom is -0.352 e. The van der Waals surface area contributed by atoms with Crippen LogP contribution in [0.25, 0.3) is 0 Å². The van der Waals surface area contributed by atoms with Crippen molar-refractivity contribution in [2.45, 2.75) is 27.2 Å². The number of anilines is 1. The zero-order valence-electron chi connectivity index (χ0n) is 10.6. The summed E-state index contributed by atoms with van der Waals surface area (Å²) in [4.78, 5) is 16.0. The fraction of sp³-hybridized carbons (Fsp3) is 0.500. The molecule has 0 aliphatic rings. The first kappa shape index (κ1) is 13.4. The third-order valence-electron chi connectivity index (χ3n) is 2.75. The molecule has 1 unspecified atom stereocenters. The summed E-state index contributed by atoms with van der Waals surface area (Å²) in [6.07, 6.45) is 2.57. The zero-order valence-corrected chi connectivity index (χ0v) is 10.6. The highest BCUT2D eigenvalue weighted by molar-refractivity contribution is 5.99. The van der Waals surface area contributed by atoms with E-state index in [1.165, 1.54) is 6.20 Å². The number of hydrazine groups is 1. The van der Waals surface area contributed by atoms with E-state index in [0.29, 0.717) is 23.7 Å². The molecule has 1 aromatic rings. The van der Waals surface area contributed by atoms with E-state index < -0.39 is 0 Å². The highest BCUT2D eigenvalue weighted by Gasteiger charge is 2.12. The van der Waals surface area contributed by atoms with Crippen molar-refractivity contribution in [3.63, 3.8) is 0 Å². The summed E-state index contributed by atoms with van der Waals surface area (Å²) in [5.74, 6) is 5.70. The van der Waals surface area contributed by atoms with E-state index >= 15 is 0 Å². The topological polar surface area (TPSA) is 80.0 Å². The molecule has 1 rings (SSSR count). The number of aryl methyl sites for hydroxylation is 1. The van der Waals surface area contributed by atoms with Crippen LogP contribution < -0.4 is 16.6 Å². The lowest BCUT2D eigenvalue weighted by molar-refractivity contribution is 0.0948. The van der Waals surface area contributed by atoms with Crippen LogP contribution in [-0.2, 0) is 0 Å². The summed E-state index contributed by atoms with van der Waals surface area (Å²) in [7, 11) is 0. The zero-order chi connectivity index (χ0) is 12.8. The lowest BCUT2D eigenvalue weighted by Gasteiger charge is -2.12. The smallest absolute Gasteiger partial charge is 0.255 e. The molecule has 0 spiro atoms. The molecule has 0 saturated heterocycles. The maximum Gasteiger partial charge on any atom is 0.255 e. The molecular formula is C12H20N4O. The highest BCUT2D eigenvalue weighted by atomic mass is 16.1. The van der Waals surface area contributed by atoms with E-state index in [9.17, 15) is 4.79 Å². The van der Waals surface area contributed by atoms with Crippen LogP contribution in [0.5, 0.6) is 0 Å². The molecule has 17 heavy (non-hydrogen) atoms. The number of carbonyl (C=O) groups is 1. The van der Waals surface area contributed by atoms with Gasteiger partial charge in [0.15, 0.2) is 0 Å². The van der Waals surface area contributed by atoms with Crippen LogP contribution in [0.2, 0.25) is 0 Å². The molecule has 0 radical (unpaired) electrons. The van der Waals surface area contributed by atoms with Crippen LogP contribution in [-0.4, -0.2) is 17.4 Å². The number of hydrogen-bond donors (Lipinski definition) is 3. The van der Waals surface area contributed by atoms with Gasteiger partial charge in [-0.05, 0) is 18.9 Å². The monoisotopic (exact) mass is 236 g/mol. The van der Waals surface area contributed by atoms with E-state index in [4.69, 9.17) is 5.84 Å². The van der Waals surface area contributed by atoms with Gasteiger partial charge in [0.2, 0.25) is 0 Å². The van der Waals surface area contributed by atoms with Crippen molar-refractivity contribution in [1.29, 1.82) is 0 Å². The van der Waals surface area contributed by atoms with Crippen LogP contribution in [0.15, 0.2) is 12.3 Å². The predicted molar refractivity (Wildman–Crippen MR) is 68.6 cm³/mol. The Kier molecular flexibility index (Phi) is 4.90. The maximum absolute atomic E-state index is 11.9. The normalized spacial score (nSPS) is 12.0. The van der Waals surface area contributed by atoms with E-state index in [1.807, 2.05) is 6.92 Å². The first-order valence-corrected chi connectivity index (χ1v) is 5.80. The number of rotatable bonds is 5. The van der Waals surface area contributed by atoms with Gasteiger partial charge in [-0.3, -0.25) is 15.6 Å². The van der Waals surface area contributed by atoms with Gasteiger partial charge in [0.25, 0.3) is 5.91 Å². The fourth-order valence-corrected chi connectivity index (χ4v) is 1.37. The Morgan fingerprint density at radius 1 is 1.59 bits per heavy atom. The molecule has 1 aromatic heterocycles. The number of amides is 1. The molecule has 0 saturated carbocycles. The van der Waals surface area contributed by atoms with Gasteiger partial charge in [-0.25, -0.2) is 0 Å². The minimum absolute atomic E-state index is 0.147. The molecule has 0 fully saturated rings. The van der Waals surface area contributed by atoms with Gasteiger partial charge in [0.05, 0.1) is 11.3 Å². The molecular weight excluding hydrogens is 216 g/mol. The first-order chi connectivity index (χ1) is 8.08. The summed E-state index contributed by atoms with van der Waals surface area (Å²) >= 11 is 0. The molecule has 4 N–H and O–H groups in total. The van der Waals surface area contributed by atoms with Crippen molar-refractivity contribution in [3.05, 3.63) is 23.5 Å². The second-order valence-corrected chi connectivity index (χ2v) is 4.24. The first-order valence-electron chi connectivity index (χ1n) is 5.80. The molecule has 0 aromatic carbocycles. The third-order valence-corrected chi connectivity index (χ3v) is 2.75. The molecule has 0 aliphatic carbocycles. The molecule has 1 heterocycles. The Balaban J connectivity index is 2.75. The molecule has 1 amide bonds. The third kappa shape index (κ3) is 3.71. The Labute approximate surface area is 102 Å². The van der Waals surface area contributed by atoms with E-state index in [1.54, 1.807) is 6.07 Å². The van der Waals surface area contributed by atoms with Crippen LogP contribution in [0, 0.1) is 12.8 Å². The van der Waals surface area contributed by atoms with E-state index in [2.05, 4.69) is 29.6 Å². The van der Waals surface area contributed by atoms with Crippen LogP contribution in [0.3, 0.4) is 0 Å². The molecule has 5 nitrogen and oxygen atoms in total. The fourth-order valence-electron chi connectivity index (χ4n) is 1.37. The van der Waals surface area contributed by atoms with Gasteiger partial charge in [-0.15, -0.1) is 0 Å². The summed E-state index contributed by atoms with van der Waals surface area (Å²) < 4.78 is 0. The van der Waals surface area contributed by atoms with Crippen molar-refractivity contribution in [2.75, 3.05) is 12.0 Å².